The topological polar surface area (TPSA) is 54.9 Å². The Balaban J connectivity index is 2.38. The zero-order valence-corrected chi connectivity index (χ0v) is 13.0. The van der Waals surface area contributed by atoms with Gasteiger partial charge >= 0.3 is 5.69 Å². The van der Waals surface area contributed by atoms with Gasteiger partial charge in [0.2, 0.25) is 5.82 Å². The molecular formula is C17H9F5N2O2. The number of nitrogens with one attached hydrogen (secondary N) is 1. The molecular weight excluding hydrogens is 359 g/mol. The van der Waals surface area contributed by atoms with Gasteiger partial charge in [-0.05, 0) is 19.1 Å². The molecule has 0 unspecified atom stereocenters. The predicted molar refractivity (Wildman–Crippen MR) is 82.6 cm³/mol. The van der Waals surface area contributed by atoms with Crippen LogP contribution in [-0.2, 0) is 0 Å². The van der Waals surface area contributed by atoms with Crippen molar-refractivity contribution in [3.05, 3.63) is 85.8 Å². The Kier molecular flexibility index (Phi) is 4.23. The van der Waals surface area contributed by atoms with Crippen LogP contribution in [0.25, 0.3) is 16.9 Å². The molecule has 134 valence electrons. The van der Waals surface area contributed by atoms with Gasteiger partial charge in [0.05, 0.1) is 16.9 Å². The van der Waals surface area contributed by atoms with Crippen molar-refractivity contribution in [3.63, 3.8) is 0 Å². The lowest BCUT2D eigenvalue weighted by molar-refractivity contribution is 0.381. The summed E-state index contributed by atoms with van der Waals surface area (Å²) in [5.74, 6) is -11.0. The van der Waals surface area contributed by atoms with E-state index in [0.29, 0.717) is 4.57 Å². The molecule has 0 radical (unpaired) electrons. The summed E-state index contributed by atoms with van der Waals surface area (Å²) in [6.07, 6.45) is 0. The van der Waals surface area contributed by atoms with Crippen LogP contribution in [-0.4, -0.2) is 9.55 Å². The largest absolute Gasteiger partial charge is 0.333 e. The molecule has 26 heavy (non-hydrogen) atoms. The molecule has 1 heterocycles. The van der Waals surface area contributed by atoms with Crippen LogP contribution in [0.4, 0.5) is 22.0 Å². The molecule has 0 aliphatic rings. The van der Waals surface area contributed by atoms with Crippen molar-refractivity contribution in [2.24, 2.45) is 0 Å². The maximum absolute atomic E-state index is 14.0. The minimum atomic E-state index is -2.33. The molecule has 0 saturated carbocycles. The zero-order chi connectivity index (χ0) is 19.2. The van der Waals surface area contributed by atoms with Gasteiger partial charge in [0.1, 0.15) is 0 Å². The van der Waals surface area contributed by atoms with Crippen molar-refractivity contribution in [2.75, 3.05) is 0 Å². The summed E-state index contributed by atoms with van der Waals surface area (Å²) in [6.45, 7) is 1.10. The van der Waals surface area contributed by atoms with Gasteiger partial charge in [-0.3, -0.25) is 4.79 Å². The molecule has 1 aromatic heterocycles. The van der Waals surface area contributed by atoms with Gasteiger partial charge < -0.3 is 4.98 Å². The normalized spacial score (nSPS) is 11.0. The molecule has 0 aliphatic heterocycles. The highest BCUT2D eigenvalue weighted by Crippen LogP contribution is 2.30. The standard InChI is InChI=1S/C17H9F5N2O2/c1-7-15(9-10(18)12(20)14(22)13(21)11(9)19)23-17(26)24(16(7)25)8-5-3-2-4-6-8/h2-6H,1H3,(H,23,26). The second-order valence-corrected chi connectivity index (χ2v) is 5.35. The Morgan fingerprint density at radius 2 is 1.31 bits per heavy atom. The number of aromatic amines is 1. The summed E-state index contributed by atoms with van der Waals surface area (Å²) in [4.78, 5) is 26.8. The Morgan fingerprint density at radius 1 is 0.808 bits per heavy atom. The molecule has 0 fully saturated rings. The van der Waals surface area contributed by atoms with Crippen molar-refractivity contribution in [1.29, 1.82) is 0 Å². The van der Waals surface area contributed by atoms with E-state index in [1.54, 1.807) is 18.2 Å². The van der Waals surface area contributed by atoms with Gasteiger partial charge in [0.25, 0.3) is 5.56 Å². The highest BCUT2D eigenvalue weighted by Gasteiger charge is 2.29. The Morgan fingerprint density at radius 3 is 1.85 bits per heavy atom. The van der Waals surface area contributed by atoms with Gasteiger partial charge in [0, 0.05) is 5.56 Å². The number of hydrogen-bond acceptors (Lipinski definition) is 2. The second-order valence-electron chi connectivity index (χ2n) is 5.35. The van der Waals surface area contributed by atoms with E-state index in [4.69, 9.17) is 0 Å². The minimum Gasteiger partial charge on any atom is -0.306 e. The number of nitrogens with zero attached hydrogens (tertiary/aromatic N) is 1. The van der Waals surface area contributed by atoms with Crippen molar-refractivity contribution in [1.82, 2.24) is 9.55 Å². The fourth-order valence-corrected chi connectivity index (χ4v) is 2.51. The molecule has 0 saturated heterocycles. The first-order chi connectivity index (χ1) is 12.3. The van der Waals surface area contributed by atoms with Gasteiger partial charge in [-0.1, -0.05) is 18.2 Å². The SMILES string of the molecule is Cc1c(-c2c(F)c(F)c(F)c(F)c2F)[nH]c(=O)n(-c2ccccc2)c1=O. The Bertz CT molecular complexity index is 1110. The number of H-pyrrole nitrogens is 1. The van der Waals surface area contributed by atoms with Crippen molar-refractivity contribution in [3.8, 4) is 16.9 Å². The van der Waals surface area contributed by atoms with E-state index in [0.717, 1.165) is 6.92 Å². The predicted octanol–water partition coefficient (Wildman–Crippen LogP) is 3.20. The number of aromatic nitrogens is 2. The van der Waals surface area contributed by atoms with E-state index in [-0.39, 0.29) is 5.69 Å². The molecule has 9 heteroatoms. The highest BCUT2D eigenvalue weighted by molar-refractivity contribution is 5.64. The van der Waals surface area contributed by atoms with Crippen LogP contribution in [0.5, 0.6) is 0 Å². The molecule has 2 aromatic carbocycles. The van der Waals surface area contributed by atoms with Crippen molar-refractivity contribution in [2.45, 2.75) is 6.92 Å². The van der Waals surface area contributed by atoms with Crippen LogP contribution < -0.4 is 11.2 Å². The summed E-state index contributed by atoms with van der Waals surface area (Å²) in [5.41, 5.74) is -4.42. The summed E-state index contributed by atoms with van der Waals surface area (Å²) < 4.78 is 68.7. The lowest BCUT2D eigenvalue weighted by Gasteiger charge is -2.12. The summed E-state index contributed by atoms with van der Waals surface area (Å²) in [5, 5.41) is 0. The first-order valence-electron chi connectivity index (χ1n) is 7.18. The van der Waals surface area contributed by atoms with Gasteiger partial charge in [-0.25, -0.2) is 31.3 Å². The number of benzene rings is 2. The molecule has 0 amide bonds. The number of para-hydroxylation sites is 1. The molecule has 1 N–H and O–H groups in total. The van der Waals surface area contributed by atoms with Crippen molar-refractivity contribution >= 4 is 0 Å². The zero-order valence-electron chi connectivity index (χ0n) is 13.0. The lowest BCUT2D eigenvalue weighted by atomic mass is 10.1. The maximum atomic E-state index is 14.0. The van der Waals surface area contributed by atoms with E-state index in [9.17, 15) is 31.5 Å². The quantitative estimate of drug-likeness (QED) is 0.429. The molecule has 0 spiro atoms. The third-order valence-corrected chi connectivity index (χ3v) is 3.81. The first kappa shape index (κ1) is 17.6. The Labute approximate surface area is 142 Å². The molecule has 4 nitrogen and oxygen atoms in total. The first-order valence-corrected chi connectivity index (χ1v) is 7.18. The third-order valence-electron chi connectivity index (χ3n) is 3.81. The van der Waals surface area contributed by atoms with E-state index in [1.165, 1.54) is 12.1 Å². The van der Waals surface area contributed by atoms with E-state index >= 15 is 0 Å². The van der Waals surface area contributed by atoms with E-state index in [1.807, 2.05) is 4.98 Å². The summed E-state index contributed by atoms with van der Waals surface area (Å²) in [6, 6.07) is 7.62. The summed E-state index contributed by atoms with van der Waals surface area (Å²) in [7, 11) is 0. The van der Waals surface area contributed by atoms with Crippen LogP contribution in [0, 0.1) is 36.0 Å². The summed E-state index contributed by atoms with van der Waals surface area (Å²) >= 11 is 0. The van der Waals surface area contributed by atoms with Crippen LogP contribution in [0.15, 0.2) is 39.9 Å². The second kappa shape index (κ2) is 6.25. The fraction of sp³-hybridized carbons (Fsp3) is 0.0588. The van der Waals surface area contributed by atoms with Crippen LogP contribution in [0.2, 0.25) is 0 Å². The molecule has 3 rings (SSSR count). The highest BCUT2D eigenvalue weighted by atomic mass is 19.2. The Hall–Kier alpha value is -3.23. The maximum Gasteiger partial charge on any atom is 0.333 e. The van der Waals surface area contributed by atoms with E-state index < -0.39 is 57.2 Å². The van der Waals surface area contributed by atoms with Gasteiger partial charge in [-0.15, -0.1) is 0 Å². The van der Waals surface area contributed by atoms with Gasteiger partial charge in [0.15, 0.2) is 23.3 Å². The third kappa shape index (κ3) is 2.52. The number of rotatable bonds is 2. The van der Waals surface area contributed by atoms with Crippen molar-refractivity contribution < 1.29 is 22.0 Å². The number of halogens is 5. The fourth-order valence-electron chi connectivity index (χ4n) is 2.51. The molecule has 0 bridgehead atoms. The average Bonchev–Trinajstić information content (AvgIpc) is 2.63. The lowest BCUT2D eigenvalue weighted by Crippen LogP contribution is -2.36. The minimum absolute atomic E-state index is 0.172. The molecule has 0 atom stereocenters. The average molecular weight is 368 g/mol. The molecule has 3 aromatic rings. The molecule has 0 aliphatic carbocycles. The van der Waals surface area contributed by atoms with Crippen LogP contribution in [0.3, 0.4) is 0 Å². The van der Waals surface area contributed by atoms with Gasteiger partial charge in [-0.2, -0.15) is 0 Å². The van der Waals surface area contributed by atoms with E-state index in [2.05, 4.69) is 0 Å². The van der Waals surface area contributed by atoms with Crippen LogP contribution >= 0.6 is 0 Å². The smallest absolute Gasteiger partial charge is 0.306 e. The van der Waals surface area contributed by atoms with Crippen LogP contribution in [0.1, 0.15) is 5.56 Å². The monoisotopic (exact) mass is 368 g/mol. The number of hydrogen-bond donors (Lipinski definition) is 1.